The third-order valence-electron chi connectivity index (χ3n) is 3.30. The van der Waals surface area contributed by atoms with Gasteiger partial charge in [0.15, 0.2) is 11.5 Å². The lowest BCUT2D eigenvalue weighted by atomic mass is 10.2. The van der Waals surface area contributed by atoms with Crippen molar-refractivity contribution in [3.63, 3.8) is 0 Å². The van der Waals surface area contributed by atoms with Crippen LogP contribution in [0.15, 0.2) is 42.5 Å². The van der Waals surface area contributed by atoms with Crippen molar-refractivity contribution in [2.45, 2.75) is 20.3 Å². The largest absolute Gasteiger partial charge is 0.490 e. The molecule has 0 atom stereocenters. The van der Waals surface area contributed by atoms with Gasteiger partial charge in [0, 0.05) is 12.6 Å². The first-order valence-corrected chi connectivity index (χ1v) is 8.59. The summed E-state index contributed by atoms with van der Waals surface area (Å²) in [6.07, 6.45) is 0.172. The molecule has 2 amide bonds. The molecule has 2 aromatic rings. The van der Waals surface area contributed by atoms with Gasteiger partial charge in [-0.25, -0.2) is 0 Å². The second-order valence-corrected chi connectivity index (χ2v) is 5.81. The third kappa shape index (κ3) is 5.97. The van der Waals surface area contributed by atoms with E-state index < -0.39 is 0 Å². The summed E-state index contributed by atoms with van der Waals surface area (Å²) in [5.74, 6) is 0.830. The fraction of sp³-hybridized carbons (Fsp3) is 0.263. The summed E-state index contributed by atoms with van der Waals surface area (Å²) in [7, 11) is 0. The minimum Gasteiger partial charge on any atom is -0.490 e. The first-order valence-electron chi connectivity index (χ1n) is 8.21. The Balaban J connectivity index is 1.86. The molecule has 0 radical (unpaired) electrons. The van der Waals surface area contributed by atoms with E-state index >= 15 is 0 Å². The Kier molecular flexibility index (Phi) is 7.29. The van der Waals surface area contributed by atoms with Gasteiger partial charge in [0.1, 0.15) is 0 Å². The van der Waals surface area contributed by atoms with Crippen LogP contribution in [0.3, 0.4) is 0 Å². The van der Waals surface area contributed by atoms with Crippen LogP contribution in [0.2, 0.25) is 5.02 Å². The number of carbonyl (C=O) groups excluding carboxylic acids is 2. The molecular formula is C19H21ClN2O4. The summed E-state index contributed by atoms with van der Waals surface area (Å²) >= 11 is 6.08. The zero-order valence-corrected chi connectivity index (χ0v) is 15.4. The molecule has 0 saturated heterocycles. The molecule has 2 N–H and O–H groups in total. The third-order valence-corrected chi connectivity index (χ3v) is 3.61. The molecule has 26 heavy (non-hydrogen) atoms. The van der Waals surface area contributed by atoms with Crippen molar-refractivity contribution in [1.29, 1.82) is 0 Å². The van der Waals surface area contributed by atoms with Crippen LogP contribution in [0.4, 0.5) is 11.4 Å². The zero-order valence-electron chi connectivity index (χ0n) is 14.7. The number of ether oxygens (including phenoxy) is 2. The van der Waals surface area contributed by atoms with E-state index in [2.05, 4.69) is 10.6 Å². The normalized spacial score (nSPS) is 10.1. The second-order valence-electron chi connectivity index (χ2n) is 5.40. The summed E-state index contributed by atoms with van der Waals surface area (Å²) in [4.78, 5) is 23.1. The number of hydrogen-bond acceptors (Lipinski definition) is 4. The molecule has 138 valence electrons. The van der Waals surface area contributed by atoms with Gasteiger partial charge in [-0.15, -0.1) is 0 Å². The molecule has 0 aliphatic rings. The maximum absolute atomic E-state index is 12.1. The molecule has 6 nitrogen and oxygen atoms in total. The van der Waals surface area contributed by atoms with Gasteiger partial charge < -0.3 is 20.1 Å². The summed E-state index contributed by atoms with van der Waals surface area (Å²) < 4.78 is 11.1. The molecule has 0 aliphatic carbocycles. The van der Waals surface area contributed by atoms with Crippen LogP contribution in [-0.2, 0) is 9.59 Å². The highest BCUT2D eigenvalue weighted by Gasteiger charge is 2.08. The molecule has 2 aromatic carbocycles. The van der Waals surface area contributed by atoms with Crippen LogP contribution in [-0.4, -0.2) is 25.0 Å². The van der Waals surface area contributed by atoms with Gasteiger partial charge in [-0.2, -0.15) is 0 Å². The van der Waals surface area contributed by atoms with Crippen LogP contribution < -0.4 is 20.1 Å². The van der Waals surface area contributed by atoms with Crippen LogP contribution in [0.25, 0.3) is 0 Å². The Bertz CT molecular complexity index is 780. The van der Waals surface area contributed by atoms with E-state index in [1.54, 1.807) is 24.3 Å². The fourth-order valence-corrected chi connectivity index (χ4v) is 2.43. The molecule has 0 heterocycles. The van der Waals surface area contributed by atoms with Crippen molar-refractivity contribution in [2.75, 3.05) is 23.8 Å². The topological polar surface area (TPSA) is 76.7 Å². The molecule has 0 unspecified atom stereocenters. The van der Waals surface area contributed by atoms with Gasteiger partial charge >= 0.3 is 0 Å². The quantitative estimate of drug-likeness (QED) is 0.727. The van der Waals surface area contributed by atoms with Gasteiger partial charge in [0.25, 0.3) is 0 Å². The summed E-state index contributed by atoms with van der Waals surface area (Å²) in [5.41, 5.74) is 1.04. The van der Waals surface area contributed by atoms with Crippen molar-refractivity contribution >= 4 is 34.8 Å². The van der Waals surface area contributed by atoms with Crippen molar-refractivity contribution in [1.82, 2.24) is 0 Å². The Labute approximate surface area is 157 Å². The van der Waals surface area contributed by atoms with Gasteiger partial charge in [-0.3, -0.25) is 9.59 Å². The van der Waals surface area contributed by atoms with Crippen molar-refractivity contribution < 1.29 is 19.1 Å². The number of rotatable bonds is 8. The number of amides is 2. The zero-order chi connectivity index (χ0) is 18.9. The van der Waals surface area contributed by atoms with Gasteiger partial charge in [-0.05, 0) is 37.3 Å². The van der Waals surface area contributed by atoms with Crippen LogP contribution in [0.5, 0.6) is 11.5 Å². The lowest BCUT2D eigenvalue weighted by Crippen LogP contribution is -2.15. The van der Waals surface area contributed by atoms with E-state index in [4.69, 9.17) is 21.1 Å². The van der Waals surface area contributed by atoms with E-state index in [9.17, 15) is 9.59 Å². The molecule has 0 spiro atoms. The molecule has 0 fully saturated rings. The van der Waals surface area contributed by atoms with E-state index in [1.165, 1.54) is 6.92 Å². The first kappa shape index (κ1) is 19.6. The lowest BCUT2D eigenvalue weighted by Gasteiger charge is -2.12. The number of nitrogens with one attached hydrogen (secondary N) is 2. The minimum atomic E-state index is -0.215. The molecule has 0 saturated carbocycles. The predicted octanol–water partition coefficient (Wildman–Crippen LogP) is 4.10. The molecule has 2 rings (SSSR count). The number of carbonyl (C=O) groups is 2. The van der Waals surface area contributed by atoms with E-state index in [1.807, 2.05) is 25.1 Å². The maximum atomic E-state index is 12.1. The molecule has 0 aromatic heterocycles. The molecular weight excluding hydrogens is 356 g/mol. The lowest BCUT2D eigenvalue weighted by molar-refractivity contribution is -0.116. The predicted molar refractivity (Wildman–Crippen MR) is 102 cm³/mol. The first-order chi connectivity index (χ1) is 12.5. The van der Waals surface area contributed by atoms with Crippen LogP contribution in [0, 0.1) is 0 Å². The molecule has 7 heteroatoms. The fourth-order valence-electron chi connectivity index (χ4n) is 2.21. The Morgan fingerprint density at radius 3 is 2.35 bits per heavy atom. The number of halogens is 1. The summed E-state index contributed by atoms with van der Waals surface area (Å²) in [6, 6.07) is 12.2. The number of anilines is 2. The monoisotopic (exact) mass is 376 g/mol. The van der Waals surface area contributed by atoms with Crippen molar-refractivity contribution in [3.8, 4) is 11.5 Å². The highest BCUT2D eigenvalue weighted by atomic mass is 35.5. The van der Waals surface area contributed by atoms with Crippen molar-refractivity contribution in [2.24, 2.45) is 0 Å². The average Bonchev–Trinajstić information content (AvgIpc) is 2.59. The Morgan fingerprint density at radius 1 is 1.04 bits per heavy atom. The van der Waals surface area contributed by atoms with E-state index in [0.29, 0.717) is 34.5 Å². The number of hydrogen-bond donors (Lipinski definition) is 2. The maximum Gasteiger partial charge on any atom is 0.227 e. The molecule has 0 aliphatic heterocycles. The number of benzene rings is 2. The summed E-state index contributed by atoms with van der Waals surface area (Å²) in [5, 5.41) is 5.70. The molecule has 0 bridgehead atoms. The minimum absolute atomic E-state index is 0.172. The van der Waals surface area contributed by atoms with Crippen LogP contribution >= 0.6 is 11.6 Å². The summed E-state index contributed by atoms with van der Waals surface area (Å²) in [6.45, 7) is 4.05. The Hall–Kier alpha value is -2.73. The van der Waals surface area contributed by atoms with E-state index in [0.717, 1.165) is 0 Å². The Morgan fingerprint density at radius 2 is 1.73 bits per heavy atom. The van der Waals surface area contributed by atoms with Gasteiger partial charge in [-0.1, -0.05) is 23.7 Å². The highest BCUT2D eigenvalue weighted by Crippen LogP contribution is 2.27. The van der Waals surface area contributed by atoms with E-state index in [-0.39, 0.29) is 24.8 Å². The van der Waals surface area contributed by atoms with Crippen LogP contribution in [0.1, 0.15) is 20.3 Å². The van der Waals surface area contributed by atoms with Crippen molar-refractivity contribution in [3.05, 3.63) is 47.5 Å². The number of para-hydroxylation sites is 2. The SMILES string of the molecule is CCOc1ccccc1OCCC(=O)Nc1ccc(NC(C)=O)c(Cl)c1. The second kappa shape index (κ2) is 9.68. The van der Waals surface area contributed by atoms with Gasteiger partial charge in [0.05, 0.1) is 30.3 Å². The van der Waals surface area contributed by atoms with Gasteiger partial charge in [0.2, 0.25) is 11.8 Å². The average molecular weight is 377 g/mol. The highest BCUT2D eigenvalue weighted by molar-refractivity contribution is 6.34. The smallest absolute Gasteiger partial charge is 0.227 e. The standard InChI is InChI=1S/C19H21ClN2O4/c1-3-25-17-6-4-5-7-18(17)26-11-10-19(24)22-14-8-9-16(15(20)12-14)21-13(2)23/h4-9,12H,3,10-11H2,1-2H3,(H,21,23)(H,22,24).